The number of nitro groups is 1. The van der Waals surface area contributed by atoms with Crippen LogP contribution in [0.1, 0.15) is 25.7 Å². The third-order valence-corrected chi connectivity index (χ3v) is 6.35. The Morgan fingerprint density at radius 2 is 1.62 bits per heavy atom. The Kier molecular flexibility index (Phi) is 5.02. The first kappa shape index (κ1) is 17.1. The molecule has 1 aliphatic heterocycles. The third kappa shape index (κ3) is 3.85. The first-order valence-electron chi connectivity index (χ1n) is 8.22. The van der Waals surface area contributed by atoms with Crippen LogP contribution < -0.4 is 9.62 Å². The number of piperazine rings is 1. The summed E-state index contributed by atoms with van der Waals surface area (Å²) in [5.74, 6) is 0. The highest BCUT2D eigenvalue weighted by atomic mass is 32.2. The van der Waals surface area contributed by atoms with Crippen LogP contribution in [0.25, 0.3) is 0 Å². The van der Waals surface area contributed by atoms with Gasteiger partial charge >= 0.3 is 0 Å². The van der Waals surface area contributed by atoms with Crippen LogP contribution in [-0.4, -0.2) is 49.9 Å². The van der Waals surface area contributed by atoms with Gasteiger partial charge in [0.1, 0.15) is 0 Å². The average molecular weight is 354 g/mol. The van der Waals surface area contributed by atoms with E-state index >= 15 is 0 Å². The van der Waals surface area contributed by atoms with Crippen molar-refractivity contribution in [2.45, 2.75) is 31.7 Å². The Morgan fingerprint density at radius 3 is 2.17 bits per heavy atom. The Labute approximate surface area is 141 Å². The Balaban J connectivity index is 1.57. The number of nitrogens with zero attached hydrogens (tertiary/aromatic N) is 3. The summed E-state index contributed by atoms with van der Waals surface area (Å²) in [4.78, 5) is 12.3. The molecule has 0 radical (unpaired) electrons. The van der Waals surface area contributed by atoms with Crippen LogP contribution in [0.15, 0.2) is 24.3 Å². The van der Waals surface area contributed by atoms with E-state index in [1.807, 2.05) is 4.90 Å². The maximum absolute atomic E-state index is 12.4. The van der Waals surface area contributed by atoms with Crippen molar-refractivity contribution >= 4 is 21.6 Å². The molecule has 1 aliphatic carbocycles. The summed E-state index contributed by atoms with van der Waals surface area (Å²) in [5, 5.41) is 10.7. The Hall–Kier alpha value is -1.71. The van der Waals surface area contributed by atoms with Crippen molar-refractivity contribution in [3.8, 4) is 0 Å². The molecule has 1 heterocycles. The van der Waals surface area contributed by atoms with Crippen molar-refractivity contribution in [2.24, 2.45) is 0 Å². The largest absolute Gasteiger partial charge is 0.369 e. The quantitative estimate of drug-likeness (QED) is 0.638. The first-order chi connectivity index (χ1) is 11.5. The van der Waals surface area contributed by atoms with Crippen LogP contribution in [0, 0.1) is 10.1 Å². The van der Waals surface area contributed by atoms with Crippen LogP contribution in [0.2, 0.25) is 0 Å². The number of hydrogen-bond acceptors (Lipinski definition) is 5. The van der Waals surface area contributed by atoms with Gasteiger partial charge in [-0.3, -0.25) is 10.1 Å². The van der Waals surface area contributed by atoms with E-state index in [9.17, 15) is 18.5 Å². The second-order valence-electron chi connectivity index (χ2n) is 6.26. The number of nitrogens with one attached hydrogen (secondary N) is 1. The normalized spacial score (nSPS) is 20.4. The molecule has 1 aromatic rings. The molecule has 1 saturated heterocycles. The molecule has 132 valence electrons. The summed E-state index contributed by atoms with van der Waals surface area (Å²) in [7, 11) is -3.42. The second kappa shape index (κ2) is 7.04. The lowest BCUT2D eigenvalue weighted by atomic mass is 10.2. The van der Waals surface area contributed by atoms with Gasteiger partial charge in [0.25, 0.3) is 15.9 Å². The van der Waals surface area contributed by atoms with Crippen molar-refractivity contribution in [1.82, 2.24) is 9.03 Å². The predicted molar refractivity (Wildman–Crippen MR) is 91.2 cm³/mol. The van der Waals surface area contributed by atoms with Crippen molar-refractivity contribution in [1.29, 1.82) is 0 Å². The van der Waals surface area contributed by atoms with Gasteiger partial charge in [-0.2, -0.15) is 17.4 Å². The van der Waals surface area contributed by atoms with E-state index in [0.717, 1.165) is 31.4 Å². The first-order valence-corrected chi connectivity index (χ1v) is 9.66. The number of anilines is 1. The minimum absolute atomic E-state index is 0.0562. The Bertz CT molecular complexity index is 678. The molecule has 0 aromatic heterocycles. The highest BCUT2D eigenvalue weighted by molar-refractivity contribution is 7.87. The topological polar surface area (TPSA) is 95.8 Å². The molecule has 0 atom stereocenters. The van der Waals surface area contributed by atoms with Gasteiger partial charge in [0.05, 0.1) is 4.92 Å². The lowest BCUT2D eigenvalue weighted by Gasteiger charge is -2.35. The van der Waals surface area contributed by atoms with Crippen LogP contribution in [-0.2, 0) is 10.2 Å². The zero-order chi connectivity index (χ0) is 17.2. The monoisotopic (exact) mass is 354 g/mol. The third-order valence-electron chi connectivity index (χ3n) is 4.67. The molecule has 24 heavy (non-hydrogen) atoms. The maximum Gasteiger partial charge on any atom is 0.279 e. The zero-order valence-electron chi connectivity index (χ0n) is 13.4. The van der Waals surface area contributed by atoms with E-state index < -0.39 is 15.1 Å². The molecule has 1 N–H and O–H groups in total. The molecule has 0 amide bonds. The molecule has 1 saturated carbocycles. The SMILES string of the molecule is O=[N+]([O-])c1ccc(N2CCN(S(=O)(=O)NC3CCCC3)CC2)cc1. The summed E-state index contributed by atoms with van der Waals surface area (Å²) in [5.41, 5.74) is 0.933. The molecule has 0 spiro atoms. The maximum atomic E-state index is 12.4. The van der Waals surface area contributed by atoms with Gasteiger partial charge in [0.15, 0.2) is 0 Å². The van der Waals surface area contributed by atoms with E-state index in [-0.39, 0.29) is 11.7 Å². The lowest BCUT2D eigenvalue weighted by Crippen LogP contribution is -2.53. The van der Waals surface area contributed by atoms with Crippen molar-refractivity contribution < 1.29 is 13.3 Å². The molecular formula is C15H22N4O4S. The fraction of sp³-hybridized carbons (Fsp3) is 0.600. The summed E-state index contributed by atoms with van der Waals surface area (Å²) in [6, 6.07) is 6.43. The van der Waals surface area contributed by atoms with Gasteiger partial charge in [-0.1, -0.05) is 12.8 Å². The van der Waals surface area contributed by atoms with Crippen LogP contribution in [0.4, 0.5) is 11.4 Å². The number of benzene rings is 1. The van der Waals surface area contributed by atoms with E-state index in [4.69, 9.17) is 0 Å². The van der Waals surface area contributed by atoms with Crippen molar-refractivity contribution in [3.63, 3.8) is 0 Å². The summed E-state index contributed by atoms with van der Waals surface area (Å²) in [6.45, 7) is 1.98. The zero-order valence-corrected chi connectivity index (χ0v) is 14.2. The number of nitro benzene ring substituents is 1. The van der Waals surface area contributed by atoms with E-state index in [1.54, 1.807) is 12.1 Å². The average Bonchev–Trinajstić information content (AvgIpc) is 3.07. The lowest BCUT2D eigenvalue weighted by molar-refractivity contribution is -0.384. The van der Waals surface area contributed by atoms with Gasteiger partial charge < -0.3 is 4.90 Å². The van der Waals surface area contributed by atoms with Crippen LogP contribution in [0.5, 0.6) is 0 Å². The highest BCUT2D eigenvalue weighted by Gasteiger charge is 2.30. The summed E-state index contributed by atoms with van der Waals surface area (Å²) < 4.78 is 29.1. The van der Waals surface area contributed by atoms with E-state index in [0.29, 0.717) is 26.2 Å². The smallest absolute Gasteiger partial charge is 0.279 e. The molecule has 0 bridgehead atoms. The van der Waals surface area contributed by atoms with Gasteiger partial charge in [-0.15, -0.1) is 0 Å². The molecule has 0 unspecified atom stereocenters. The molecule has 2 fully saturated rings. The minimum Gasteiger partial charge on any atom is -0.369 e. The number of non-ortho nitro benzene ring substituents is 1. The van der Waals surface area contributed by atoms with E-state index in [1.165, 1.54) is 16.4 Å². The molecule has 3 rings (SSSR count). The molecular weight excluding hydrogens is 332 g/mol. The number of hydrogen-bond donors (Lipinski definition) is 1. The predicted octanol–water partition coefficient (Wildman–Crippen LogP) is 1.49. The fourth-order valence-corrected chi connectivity index (χ4v) is 4.75. The van der Waals surface area contributed by atoms with Gasteiger partial charge in [-0.05, 0) is 25.0 Å². The molecule has 1 aromatic carbocycles. The molecule has 2 aliphatic rings. The highest BCUT2D eigenvalue weighted by Crippen LogP contribution is 2.22. The van der Waals surface area contributed by atoms with E-state index in [2.05, 4.69) is 4.72 Å². The Morgan fingerprint density at radius 1 is 1.04 bits per heavy atom. The number of rotatable bonds is 5. The molecule has 9 heteroatoms. The van der Waals surface area contributed by atoms with Gasteiger partial charge in [-0.25, -0.2) is 0 Å². The van der Waals surface area contributed by atoms with Gasteiger partial charge in [0, 0.05) is 50.0 Å². The summed E-state index contributed by atoms with van der Waals surface area (Å²) >= 11 is 0. The fourth-order valence-electron chi connectivity index (χ4n) is 3.30. The second-order valence-corrected chi connectivity index (χ2v) is 7.97. The van der Waals surface area contributed by atoms with Crippen LogP contribution >= 0.6 is 0 Å². The van der Waals surface area contributed by atoms with Crippen LogP contribution in [0.3, 0.4) is 0 Å². The van der Waals surface area contributed by atoms with Crippen molar-refractivity contribution in [3.05, 3.63) is 34.4 Å². The van der Waals surface area contributed by atoms with Gasteiger partial charge in [0.2, 0.25) is 0 Å². The summed E-state index contributed by atoms with van der Waals surface area (Å²) in [6.07, 6.45) is 4.01. The standard InChI is InChI=1S/C15H22N4O4S/c20-19(21)15-7-5-14(6-8-15)17-9-11-18(12-10-17)24(22,23)16-13-3-1-2-4-13/h5-8,13,16H,1-4,9-12H2. The van der Waals surface area contributed by atoms with Crippen molar-refractivity contribution in [2.75, 3.05) is 31.1 Å². The minimum atomic E-state index is -3.42. The molecule has 8 nitrogen and oxygen atoms in total.